The lowest BCUT2D eigenvalue weighted by Gasteiger charge is -2.39. The third-order valence-electron chi connectivity index (χ3n) is 5.68. The van der Waals surface area contributed by atoms with Crippen molar-refractivity contribution in [3.05, 3.63) is 60.6 Å². The van der Waals surface area contributed by atoms with Crippen molar-refractivity contribution in [1.82, 2.24) is 14.9 Å². The normalized spacial score (nSPS) is 24.8. The Balaban J connectivity index is 1.34. The minimum Gasteiger partial charge on any atom is -0.490 e. The average molecular weight is 347 g/mol. The summed E-state index contributed by atoms with van der Waals surface area (Å²) < 4.78 is 6.14. The van der Waals surface area contributed by atoms with Crippen molar-refractivity contribution in [2.75, 3.05) is 0 Å². The maximum atomic E-state index is 13.2. The highest BCUT2D eigenvalue weighted by atomic mass is 16.5. The van der Waals surface area contributed by atoms with Crippen LogP contribution in [0.15, 0.2) is 55.0 Å². The first kappa shape index (κ1) is 15.4. The molecule has 0 aliphatic carbocycles. The number of nitrogens with zero attached hydrogens (tertiary/aromatic N) is 2. The predicted molar refractivity (Wildman–Crippen MR) is 99.2 cm³/mol. The summed E-state index contributed by atoms with van der Waals surface area (Å²) in [6, 6.07) is 12.3. The molecule has 4 heterocycles. The van der Waals surface area contributed by atoms with Gasteiger partial charge >= 0.3 is 0 Å². The van der Waals surface area contributed by atoms with E-state index >= 15 is 0 Å². The first-order valence-corrected chi connectivity index (χ1v) is 9.24. The smallest absolute Gasteiger partial charge is 0.254 e. The molecule has 2 atom stereocenters. The van der Waals surface area contributed by atoms with Crippen LogP contribution in [-0.4, -0.2) is 39.0 Å². The van der Waals surface area contributed by atoms with E-state index in [2.05, 4.69) is 14.9 Å². The number of benzene rings is 1. The summed E-state index contributed by atoms with van der Waals surface area (Å²) in [6.07, 6.45) is 9.52. The lowest BCUT2D eigenvalue weighted by Crippen LogP contribution is -2.49. The first-order valence-electron chi connectivity index (χ1n) is 9.24. The number of H-pyrrole nitrogens is 1. The zero-order valence-corrected chi connectivity index (χ0v) is 14.5. The van der Waals surface area contributed by atoms with Crippen LogP contribution in [-0.2, 0) is 0 Å². The average Bonchev–Trinajstić information content (AvgIpc) is 3.24. The van der Waals surface area contributed by atoms with Gasteiger partial charge in [-0.2, -0.15) is 0 Å². The fourth-order valence-electron chi connectivity index (χ4n) is 4.50. The van der Waals surface area contributed by atoms with Crippen LogP contribution in [0.2, 0.25) is 0 Å². The summed E-state index contributed by atoms with van der Waals surface area (Å²) in [5.74, 6) is 1.02. The van der Waals surface area contributed by atoms with Crippen LogP contribution in [0.4, 0.5) is 0 Å². The Hall–Kier alpha value is -2.82. The molecule has 0 saturated carbocycles. The molecule has 1 amide bonds. The summed E-state index contributed by atoms with van der Waals surface area (Å²) in [7, 11) is 0. The van der Waals surface area contributed by atoms with Gasteiger partial charge in [0.1, 0.15) is 11.9 Å². The van der Waals surface area contributed by atoms with Gasteiger partial charge in [0.05, 0.1) is 0 Å². The quantitative estimate of drug-likeness (QED) is 0.784. The lowest BCUT2D eigenvalue weighted by molar-refractivity contribution is 0.0359. The van der Waals surface area contributed by atoms with Crippen molar-refractivity contribution < 1.29 is 9.53 Å². The van der Waals surface area contributed by atoms with E-state index in [1.54, 1.807) is 12.4 Å². The Morgan fingerprint density at radius 3 is 2.62 bits per heavy atom. The maximum absolute atomic E-state index is 13.2. The number of carbonyl (C=O) groups excluding carboxylic acids is 1. The Labute approximate surface area is 152 Å². The van der Waals surface area contributed by atoms with Crippen molar-refractivity contribution in [3.63, 3.8) is 0 Å². The molecule has 2 unspecified atom stereocenters. The second-order valence-electron chi connectivity index (χ2n) is 7.27. The predicted octanol–water partition coefficient (Wildman–Crippen LogP) is 3.78. The second-order valence-corrected chi connectivity index (χ2v) is 7.27. The topological polar surface area (TPSA) is 58.2 Å². The van der Waals surface area contributed by atoms with Gasteiger partial charge in [-0.1, -0.05) is 0 Å². The van der Waals surface area contributed by atoms with Gasteiger partial charge < -0.3 is 14.6 Å². The highest BCUT2D eigenvalue weighted by Gasteiger charge is 2.44. The second kappa shape index (κ2) is 6.16. The number of amides is 1. The highest BCUT2D eigenvalue weighted by Crippen LogP contribution is 2.38. The molecule has 0 radical (unpaired) electrons. The molecule has 5 nitrogen and oxygen atoms in total. The van der Waals surface area contributed by atoms with E-state index in [9.17, 15) is 4.79 Å². The zero-order chi connectivity index (χ0) is 17.5. The Bertz CT molecular complexity index is 923. The van der Waals surface area contributed by atoms with Gasteiger partial charge in [0, 0.05) is 60.0 Å². The highest BCUT2D eigenvalue weighted by molar-refractivity contribution is 5.98. The number of aromatic nitrogens is 2. The van der Waals surface area contributed by atoms with Crippen LogP contribution < -0.4 is 4.74 Å². The summed E-state index contributed by atoms with van der Waals surface area (Å²) in [5.41, 5.74) is 1.84. The van der Waals surface area contributed by atoms with Crippen LogP contribution in [0.5, 0.6) is 5.75 Å². The molecule has 2 aliphatic rings. The number of hydrogen-bond acceptors (Lipinski definition) is 3. The molecule has 5 rings (SSSR count). The molecule has 2 aliphatic heterocycles. The number of nitrogens with one attached hydrogen (secondary N) is 1. The molecule has 2 fully saturated rings. The first-order chi connectivity index (χ1) is 12.8. The third kappa shape index (κ3) is 2.64. The van der Waals surface area contributed by atoms with E-state index in [1.165, 1.54) is 0 Å². The molecule has 2 bridgehead atoms. The van der Waals surface area contributed by atoms with E-state index in [4.69, 9.17) is 4.74 Å². The van der Waals surface area contributed by atoms with Gasteiger partial charge in [-0.15, -0.1) is 0 Å². The van der Waals surface area contributed by atoms with Crippen molar-refractivity contribution >= 4 is 16.8 Å². The van der Waals surface area contributed by atoms with E-state index in [0.29, 0.717) is 0 Å². The Morgan fingerprint density at radius 1 is 1.08 bits per heavy atom. The Morgan fingerprint density at radius 2 is 1.85 bits per heavy atom. The molecular weight excluding hydrogens is 326 g/mol. The number of rotatable bonds is 3. The fourth-order valence-corrected chi connectivity index (χ4v) is 4.50. The van der Waals surface area contributed by atoms with Crippen LogP contribution in [0, 0.1) is 0 Å². The molecule has 1 aromatic carbocycles. The molecule has 0 spiro atoms. The zero-order valence-electron chi connectivity index (χ0n) is 14.5. The van der Waals surface area contributed by atoms with Gasteiger partial charge in [-0.25, -0.2) is 0 Å². The minimum atomic E-state index is 0.156. The van der Waals surface area contributed by atoms with Crippen molar-refractivity contribution in [3.8, 4) is 5.75 Å². The van der Waals surface area contributed by atoms with Gasteiger partial charge in [0.2, 0.25) is 0 Å². The van der Waals surface area contributed by atoms with Gasteiger partial charge in [0.15, 0.2) is 0 Å². The Kier molecular flexibility index (Phi) is 3.66. The molecule has 2 aromatic heterocycles. The molecule has 3 aromatic rings. The van der Waals surface area contributed by atoms with Gasteiger partial charge in [-0.3, -0.25) is 9.78 Å². The molecule has 132 valence electrons. The van der Waals surface area contributed by atoms with E-state index < -0.39 is 0 Å². The number of piperidine rings is 1. The van der Waals surface area contributed by atoms with Crippen LogP contribution >= 0.6 is 0 Å². The molecule has 5 heteroatoms. The number of pyridine rings is 1. The van der Waals surface area contributed by atoms with Crippen molar-refractivity contribution in [2.45, 2.75) is 43.9 Å². The number of aromatic amines is 1. The molecule has 2 saturated heterocycles. The van der Waals surface area contributed by atoms with Gasteiger partial charge in [0.25, 0.3) is 5.91 Å². The summed E-state index contributed by atoms with van der Waals surface area (Å²) in [4.78, 5) is 22.5. The van der Waals surface area contributed by atoms with E-state index in [-0.39, 0.29) is 24.1 Å². The van der Waals surface area contributed by atoms with E-state index in [1.807, 2.05) is 42.6 Å². The van der Waals surface area contributed by atoms with E-state index in [0.717, 1.165) is 47.9 Å². The van der Waals surface area contributed by atoms with Crippen LogP contribution in [0.3, 0.4) is 0 Å². The third-order valence-corrected chi connectivity index (χ3v) is 5.68. The van der Waals surface area contributed by atoms with Crippen LogP contribution in [0.1, 0.15) is 36.0 Å². The molecule has 26 heavy (non-hydrogen) atoms. The number of ether oxygens (including phenoxy) is 1. The number of fused-ring (bicyclic) bond motifs is 3. The minimum absolute atomic E-state index is 0.156. The summed E-state index contributed by atoms with van der Waals surface area (Å²) in [5, 5.41) is 1.08. The number of carbonyl (C=O) groups is 1. The molecule has 1 N–H and O–H groups in total. The number of hydrogen-bond donors (Lipinski definition) is 1. The van der Waals surface area contributed by atoms with Crippen molar-refractivity contribution in [2.24, 2.45) is 0 Å². The summed E-state index contributed by atoms with van der Waals surface area (Å²) in [6.45, 7) is 0. The van der Waals surface area contributed by atoms with Crippen LogP contribution in [0.25, 0.3) is 10.9 Å². The largest absolute Gasteiger partial charge is 0.490 e. The SMILES string of the molecule is O=C(c1ccc2[nH]ccc2c1)N1C2CCC1CC(Oc1ccncc1)C2. The molecular formula is C21H21N3O2. The maximum Gasteiger partial charge on any atom is 0.254 e. The van der Waals surface area contributed by atoms with Gasteiger partial charge in [-0.05, 0) is 49.2 Å². The fraction of sp³-hybridized carbons (Fsp3) is 0.333. The van der Waals surface area contributed by atoms with Crippen molar-refractivity contribution in [1.29, 1.82) is 0 Å². The standard InChI is InChI=1S/C21H21N3O2/c25-21(15-1-4-20-14(11-15)5-10-23-20)24-16-2-3-17(24)13-19(12-16)26-18-6-8-22-9-7-18/h1,4-11,16-17,19,23H,2-3,12-13H2. The summed E-state index contributed by atoms with van der Waals surface area (Å²) >= 11 is 0. The monoisotopic (exact) mass is 347 g/mol. The lowest BCUT2D eigenvalue weighted by atomic mass is 9.98.